The molecule has 2 aliphatic rings. The summed E-state index contributed by atoms with van der Waals surface area (Å²) in [5, 5.41) is 0. The van der Waals surface area contributed by atoms with Crippen molar-refractivity contribution in [2.45, 2.75) is 32.2 Å². The molecule has 1 saturated carbocycles. The number of hydrogen-bond acceptors (Lipinski definition) is 3. The van der Waals surface area contributed by atoms with Crippen LogP contribution in [0.2, 0.25) is 0 Å². The number of nitrogens with two attached hydrogens (primary N) is 1. The second kappa shape index (κ2) is 4.30. The molecule has 0 radical (unpaired) electrons. The van der Waals surface area contributed by atoms with Crippen molar-refractivity contribution in [1.29, 1.82) is 0 Å². The third kappa shape index (κ3) is 1.93. The summed E-state index contributed by atoms with van der Waals surface area (Å²) in [6.07, 6.45) is 5.75. The molecule has 1 aliphatic heterocycles. The van der Waals surface area contributed by atoms with Crippen molar-refractivity contribution in [3.63, 3.8) is 0 Å². The van der Waals surface area contributed by atoms with Crippen LogP contribution in [0.25, 0.3) is 0 Å². The number of pyridine rings is 1. The average molecular weight is 231 g/mol. The number of aromatic nitrogens is 1. The molecule has 0 spiro atoms. The number of anilines is 1. The topological polar surface area (TPSA) is 42.2 Å². The first kappa shape index (κ1) is 11.0. The maximum Gasteiger partial charge on any atom is 0.131 e. The smallest absolute Gasteiger partial charge is 0.131 e. The van der Waals surface area contributed by atoms with E-state index in [2.05, 4.69) is 22.9 Å². The molecule has 3 rings (SSSR count). The van der Waals surface area contributed by atoms with E-state index in [-0.39, 0.29) is 0 Å². The number of aryl methyl sites for hydroxylation is 1. The van der Waals surface area contributed by atoms with E-state index in [1.165, 1.54) is 24.8 Å². The van der Waals surface area contributed by atoms with Gasteiger partial charge in [0.2, 0.25) is 0 Å². The quantitative estimate of drug-likeness (QED) is 0.803. The highest BCUT2D eigenvalue weighted by Crippen LogP contribution is 2.37. The SMILES string of the molecule is Cc1cccnc1N1CC2CCCC(N)C2C1. The van der Waals surface area contributed by atoms with Crippen molar-refractivity contribution in [2.24, 2.45) is 17.6 Å². The van der Waals surface area contributed by atoms with Gasteiger partial charge in [0, 0.05) is 25.3 Å². The predicted octanol–water partition coefficient (Wildman–Crippen LogP) is 1.95. The van der Waals surface area contributed by atoms with Gasteiger partial charge in [0.25, 0.3) is 0 Å². The molecular weight excluding hydrogens is 210 g/mol. The largest absolute Gasteiger partial charge is 0.356 e. The summed E-state index contributed by atoms with van der Waals surface area (Å²) < 4.78 is 0. The zero-order chi connectivity index (χ0) is 11.8. The summed E-state index contributed by atoms with van der Waals surface area (Å²) in [7, 11) is 0. The number of nitrogens with zero attached hydrogens (tertiary/aromatic N) is 2. The number of hydrogen-bond donors (Lipinski definition) is 1. The molecule has 1 aliphatic carbocycles. The van der Waals surface area contributed by atoms with Crippen LogP contribution >= 0.6 is 0 Å². The molecule has 1 aromatic rings. The molecular formula is C14H21N3. The Balaban J connectivity index is 1.81. The third-order valence-corrected chi connectivity index (χ3v) is 4.44. The van der Waals surface area contributed by atoms with E-state index in [4.69, 9.17) is 5.73 Å². The molecule has 3 heteroatoms. The standard InChI is InChI=1S/C14H21N3/c1-10-4-3-7-16-14(10)17-8-11-5-2-6-13(15)12(11)9-17/h3-4,7,11-13H,2,5-6,8-9,15H2,1H3. The van der Waals surface area contributed by atoms with Crippen molar-refractivity contribution in [3.8, 4) is 0 Å². The van der Waals surface area contributed by atoms with E-state index in [0.717, 1.165) is 24.8 Å². The van der Waals surface area contributed by atoms with E-state index >= 15 is 0 Å². The molecule has 2 N–H and O–H groups in total. The summed E-state index contributed by atoms with van der Waals surface area (Å²) in [5.41, 5.74) is 7.53. The second-order valence-corrected chi connectivity index (χ2v) is 5.57. The zero-order valence-corrected chi connectivity index (χ0v) is 10.5. The fraction of sp³-hybridized carbons (Fsp3) is 0.643. The Bertz CT molecular complexity index is 404. The Morgan fingerprint density at radius 1 is 1.35 bits per heavy atom. The Hall–Kier alpha value is -1.09. The van der Waals surface area contributed by atoms with Crippen molar-refractivity contribution in [1.82, 2.24) is 4.98 Å². The molecule has 0 amide bonds. The predicted molar refractivity (Wildman–Crippen MR) is 70.0 cm³/mol. The van der Waals surface area contributed by atoms with Gasteiger partial charge in [-0.2, -0.15) is 0 Å². The molecule has 17 heavy (non-hydrogen) atoms. The second-order valence-electron chi connectivity index (χ2n) is 5.57. The molecule has 3 atom stereocenters. The van der Waals surface area contributed by atoms with Crippen LogP contribution in [0.15, 0.2) is 18.3 Å². The Morgan fingerprint density at radius 3 is 3.00 bits per heavy atom. The lowest BCUT2D eigenvalue weighted by Crippen LogP contribution is -2.38. The highest BCUT2D eigenvalue weighted by molar-refractivity contribution is 5.47. The van der Waals surface area contributed by atoms with Crippen LogP contribution in [-0.2, 0) is 0 Å². The van der Waals surface area contributed by atoms with Gasteiger partial charge >= 0.3 is 0 Å². The maximum atomic E-state index is 6.25. The van der Waals surface area contributed by atoms with Crippen LogP contribution < -0.4 is 10.6 Å². The molecule has 92 valence electrons. The summed E-state index contributed by atoms with van der Waals surface area (Å²) in [5.74, 6) is 2.64. The minimum Gasteiger partial charge on any atom is -0.356 e. The van der Waals surface area contributed by atoms with Crippen LogP contribution in [0.1, 0.15) is 24.8 Å². The minimum absolute atomic E-state index is 0.405. The minimum atomic E-state index is 0.405. The van der Waals surface area contributed by atoms with Gasteiger partial charge < -0.3 is 10.6 Å². The molecule has 0 aromatic carbocycles. The van der Waals surface area contributed by atoms with E-state index in [1.807, 2.05) is 12.3 Å². The summed E-state index contributed by atoms with van der Waals surface area (Å²) >= 11 is 0. The maximum absolute atomic E-state index is 6.25. The lowest BCUT2D eigenvalue weighted by Gasteiger charge is -2.29. The van der Waals surface area contributed by atoms with Gasteiger partial charge in [0.1, 0.15) is 5.82 Å². The van der Waals surface area contributed by atoms with Crippen LogP contribution in [0.4, 0.5) is 5.82 Å². The first-order valence-corrected chi connectivity index (χ1v) is 6.68. The molecule has 3 unspecified atom stereocenters. The normalized spacial score (nSPS) is 32.6. The monoisotopic (exact) mass is 231 g/mol. The highest BCUT2D eigenvalue weighted by atomic mass is 15.2. The van der Waals surface area contributed by atoms with Crippen molar-refractivity contribution < 1.29 is 0 Å². The summed E-state index contributed by atoms with van der Waals surface area (Å²) in [6, 6.07) is 4.56. The van der Waals surface area contributed by atoms with Gasteiger partial charge in [-0.1, -0.05) is 12.5 Å². The van der Waals surface area contributed by atoms with E-state index in [9.17, 15) is 0 Å². The van der Waals surface area contributed by atoms with E-state index in [1.54, 1.807) is 0 Å². The van der Waals surface area contributed by atoms with Gasteiger partial charge in [-0.3, -0.25) is 0 Å². The lowest BCUT2D eigenvalue weighted by molar-refractivity contribution is 0.260. The fourth-order valence-electron chi connectivity index (χ4n) is 3.50. The third-order valence-electron chi connectivity index (χ3n) is 4.44. The summed E-state index contributed by atoms with van der Waals surface area (Å²) in [4.78, 5) is 6.97. The Labute approximate surface area is 103 Å². The fourth-order valence-corrected chi connectivity index (χ4v) is 3.50. The first-order chi connectivity index (χ1) is 8.25. The van der Waals surface area contributed by atoms with Gasteiger partial charge in [-0.25, -0.2) is 4.98 Å². The van der Waals surface area contributed by atoms with Crippen LogP contribution in [-0.4, -0.2) is 24.1 Å². The molecule has 1 aromatic heterocycles. The van der Waals surface area contributed by atoms with Crippen LogP contribution in [0.3, 0.4) is 0 Å². The summed E-state index contributed by atoms with van der Waals surface area (Å²) in [6.45, 7) is 4.39. The lowest BCUT2D eigenvalue weighted by atomic mass is 9.78. The Morgan fingerprint density at radius 2 is 2.24 bits per heavy atom. The van der Waals surface area contributed by atoms with E-state index < -0.39 is 0 Å². The van der Waals surface area contributed by atoms with Gasteiger partial charge in [0.15, 0.2) is 0 Å². The number of fused-ring (bicyclic) bond motifs is 1. The molecule has 1 saturated heterocycles. The molecule has 2 fully saturated rings. The Kier molecular flexibility index (Phi) is 2.79. The first-order valence-electron chi connectivity index (χ1n) is 6.68. The molecule has 3 nitrogen and oxygen atoms in total. The number of rotatable bonds is 1. The molecule has 2 heterocycles. The molecule has 0 bridgehead atoms. The van der Waals surface area contributed by atoms with Crippen molar-refractivity contribution in [2.75, 3.05) is 18.0 Å². The van der Waals surface area contributed by atoms with E-state index in [0.29, 0.717) is 12.0 Å². The average Bonchev–Trinajstić information content (AvgIpc) is 2.75. The van der Waals surface area contributed by atoms with Gasteiger partial charge in [-0.15, -0.1) is 0 Å². The van der Waals surface area contributed by atoms with Crippen LogP contribution in [0.5, 0.6) is 0 Å². The zero-order valence-electron chi connectivity index (χ0n) is 10.5. The van der Waals surface area contributed by atoms with Crippen molar-refractivity contribution in [3.05, 3.63) is 23.9 Å². The van der Waals surface area contributed by atoms with Crippen LogP contribution in [0, 0.1) is 18.8 Å². The van der Waals surface area contributed by atoms with Crippen molar-refractivity contribution >= 4 is 5.82 Å². The van der Waals surface area contributed by atoms with Gasteiger partial charge in [-0.05, 0) is 43.2 Å². The highest BCUT2D eigenvalue weighted by Gasteiger charge is 2.39. The van der Waals surface area contributed by atoms with Gasteiger partial charge in [0.05, 0.1) is 0 Å².